The molecule has 1 aromatic rings. The van der Waals surface area contributed by atoms with Gasteiger partial charge in [-0.05, 0) is 18.4 Å². The maximum Gasteiger partial charge on any atom is 0.271 e. The molecule has 2 heterocycles. The summed E-state index contributed by atoms with van der Waals surface area (Å²) in [7, 11) is 1.51. The van der Waals surface area contributed by atoms with E-state index in [4.69, 9.17) is 9.47 Å². The van der Waals surface area contributed by atoms with Gasteiger partial charge in [0.05, 0.1) is 13.2 Å². The van der Waals surface area contributed by atoms with E-state index in [0.29, 0.717) is 30.0 Å². The van der Waals surface area contributed by atoms with Crippen LogP contribution in [0, 0.1) is 11.8 Å². The van der Waals surface area contributed by atoms with Crippen LogP contribution in [0.4, 0.5) is 0 Å². The zero-order valence-electron chi connectivity index (χ0n) is 12.1. The van der Waals surface area contributed by atoms with Crippen molar-refractivity contribution < 1.29 is 14.3 Å². The van der Waals surface area contributed by atoms with Crippen molar-refractivity contribution in [1.82, 2.24) is 15.5 Å². The van der Waals surface area contributed by atoms with Gasteiger partial charge in [0, 0.05) is 25.1 Å². The average Bonchev–Trinajstić information content (AvgIpc) is 2.93. The molecular weight excluding hydrogens is 258 g/mol. The standard InChI is InChI=1S/C14H21N3O3/c1-9(2)13-10(6-7-20-13)8-15-14(18)11-4-5-12(19-3)17-16-11/h4-5,9-10,13H,6-8H2,1-3H3,(H,15,18)/t10-,13-/m1/s1. The van der Waals surface area contributed by atoms with Gasteiger partial charge in [-0.15, -0.1) is 10.2 Å². The van der Waals surface area contributed by atoms with Crippen LogP contribution in [0.25, 0.3) is 0 Å². The Kier molecular flexibility index (Phi) is 4.89. The lowest BCUT2D eigenvalue weighted by molar-refractivity contribution is 0.0533. The van der Waals surface area contributed by atoms with Gasteiger partial charge in [-0.2, -0.15) is 0 Å². The number of aromatic nitrogens is 2. The molecule has 1 aromatic heterocycles. The summed E-state index contributed by atoms with van der Waals surface area (Å²) in [6.07, 6.45) is 1.20. The van der Waals surface area contributed by atoms with E-state index in [0.717, 1.165) is 13.0 Å². The van der Waals surface area contributed by atoms with Crippen molar-refractivity contribution in [3.63, 3.8) is 0 Å². The van der Waals surface area contributed by atoms with Crippen LogP contribution in [0.3, 0.4) is 0 Å². The number of nitrogens with one attached hydrogen (secondary N) is 1. The molecule has 1 fully saturated rings. The molecule has 6 heteroatoms. The minimum Gasteiger partial charge on any atom is -0.480 e. The van der Waals surface area contributed by atoms with E-state index >= 15 is 0 Å². The van der Waals surface area contributed by atoms with Crippen molar-refractivity contribution in [3.05, 3.63) is 17.8 Å². The predicted octanol–water partition coefficient (Wildman–Crippen LogP) is 1.28. The highest BCUT2D eigenvalue weighted by molar-refractivity contribution is 5.92. The minimum absolute atomic E-state index is 0.213. The SMILES string of the molecule is COc1ccc(C(=O)NC[C@H]2CCO[C@@H]2C(C)C)nn1. The Morgan fingerprint density at radius 2 is 2.30 bits per heavy atom. The lowest BCUT2D eigenvalue weighted by Crippen LogP contribution is -2.35. The van der Waals surface area contributed by atoms with E-state index in [9.17, 15) is 4.79 Å². The second-order valence-corrected chi connectivity index (χ2v) is 5.30. The zero-order chi connectivity index (χ0) is 14.5. The number of carbonyl (C=O) groups excluding carboxylic acids is 1. The van der Waals surface area contributed by atoms with Crippen LogP contribution >= 0.6 is 0 Å². The fourth-order valence-corrected chi connectivity index (χ4v) is 2.48. The average molecular weight is 279 g/mol. The van der Waals surface area contributed by atoms with Crippen molar-refractivity contribution >= 4 is 5.91 Å². The summed E-state index contributed by atoms with van der Waals surface area (Å²) < 4.78 is 10.6. The third-order valence-electron chi connectivity index (χ3n) is 3.53. The van der Waals surface area contributed by atoms with Crippen molar-refractivity contribution in [1.29, 1.82) is 0 Å². The molecule has 0 aromatic carbocycles. The first kappa shape index (κ1) is 14.7. The highest BCUT2D eigenvalue weighted by atomic mass is 16.5. The lowest BCUT2D eigenvalue weighted by atomic mass is 9.93. The Balaban J connectivity index is 1.88. The number of methoxy groups -OCH3 is 1. The van der Waals surface area contributed by atoms with Crippen molar-refractivity contribution in [2.24, 2.45) is 11.8 Å². The number of rotatable bonds is 5. The van der Waals surface area contributed by atoms with Crippen LogP contribution in [0.5, 0.6) is 5.88 Å². The Morgan fingerprint density at radius 1 is 1.50 bits per heavy atom. The molecule has 1 N–H and O–H groups in total. The molecule has 2 atom stereocenters. The van der Waals surface area contributed by atoms with Gasteiger partial charge in [0.1, 0.15) is 0 Å². The first-order valence-electron chi connectivity index (χ1n) is 6.89. The smallest absolute Gasteiger partial charge is 0.271 e. The topological polar surface area (TPSA) is 73.3 Å². The third kappa shape index (κ3) is 3.45. The second kappa shape index (κ2) is 6.65. The molecule has 1 amide bonds. The number of amides is 1. The first-order valence-corrected chi connectivity index (χ1v) is 6.89. The molecule has 1 saturated heterocycles. The Labute approximate surface area is 118 Å². The van der Waals surface area contributed by atoms with Crippen LogP contribution < -0.4 is 10.1 Å². The van der Waals surface area contributed by atoms with E-state index in [1.807, 2.05) is 0 Å². The zero-order valence-corrected chi connectivity index (χ0v) is 12.1. The summed E-state index contributed by atoms with van der Waals surface area (Å²) in [5.41, 5.74) is 0.297. The highest BCUT2D eigenvalue weighted by Crippen LogP contribution is 2.26. The molecule has 0 saturated carbocycles. The molecule has 2 rings (SSSR count). The molecule has 0 bridgehead atoms. The maximum absolute atomic E-state index is 12.0. The number of nitrogens with zero attached hydrogens (tertiary/aromatic N) is 2. The first-order chi connectivity index (χ1) is 9.61. The lowest BCUT2D eigenvalue weighted by Gasteiger charge is -2.22. The van der Waals surface area contributed by atoms with E-state index in [1.165, 1.54) is 7.11 Å². The van der Waals surface area contributed by atoms with Crippen LogP contribution in [0.2, 0.25) is 0 Å². The molecule has 110 valence electrons. The molecular formula is C14H21N3O3. The van der Waals surface area contributed by atoms with E-state index in [1.54, 1.807) is 12.1 Å². The largest absolute Gasteiger partial charge is 0.480 e. The van der Waals surface area contributed by atoms with Crippen molar-refractivity contribution in [2.75, 3.05) is 20.3 Å². The number of hydrogen-bond donors (Lipinski definition) is 1. The fourth-order valence-electron chi connectivity index (χ4n) is 2.48. The minimum atomic E-state index is -0.213. The van der Waals surface area contributed by atoms with Crippen LogP contribution in [-0.2, 0) is 4.74 Å². The van der Waals surface area contributed by atoms with Crippen LogP contribution in [0.1, 0.15) is 30.8 Å². The van der Waals surface area contributed by atoms with Gasteiger partial charge in [-0.25, -0.2) is 0 Å². The molecule has 0 spiro atoms. The van der Waals surface area contributed by atoms with E-state index in [-0.39, 0.29) is 12.0 Å². The normalized spacial score (nSPS) is 22.0. The van der Waals surface area contributed by atoms with Crippen molar-refractivity contribution in [3.8, 4) is 5.88 Å². The van der Waals surface area contributed by atoms with E-state index < -0.39 is 0 Å². The van der Waals surface area contributed by atoms with Gasteiger partial charge in [-0.1, -0.05) is 13.8 Å². The van der Waals surface area contributed by atoms with Gasteiger partial charge in [-0.3, -0.25) is 4.79 Å². The summed E-state index contributed by atoms with van der Waals surface area (Å²) in [5, 5.41) is 10.5. The number of ether oxygens (including phenoxy) is 2. The summed E-state index contributed by atoms with van der Waals surface area (Å²) in [4.78, 5) is 12.0. The van der Waals surface area contributed by atoms with Crippen LogP contribution in [-0.4, -0.2) is 42.5 Å². The molecule has 0 radical (unpaired) electrons. The van der Waals surface area contributed by atoms with Gasteiger partial charge in [0.25, 0.3) is 5.91 Å². The number of hydrogen-bond acceptors (Lipinski definition) is 5. The summed E-state index contributed by atoms with van der Waals surface area (Å²) in [5.74, 6) is 1.01. The molecule has 1 aliphatic heterocycles. The summed E-state index contributed by atoms with van der Waals surface area (Å²) in [6, 6.07) is 3.23. The highest BCUT2D eigenvalue weighted by Gasteiger charge is 2.30. The van der Waals surface area contributed by atoms with Gasteiger partial charge in [0.15, 0.2) is 5.69 Å². The Morgan fingerprint density at radius 3 is 2.90 bits per heavy atom. The van der Waals surface area contributed by atoms with Gasteiger partial charge >= 0.3 is 0 Å². The molecule has 1 aliphatic rings. The van der Waals surface area contributed by atoms with Gasteiger partial charge < -0.3 is 14.8 Å². The van der Waals surface area contributed by atoms with Gasteiger partial charge in [0.2, 0.25) is 5.88 Å². The quantitative estimate of drug-likeness (QED) is 0.879. The second-order valence-electron chi connectivity index (χ2n) is 5.30. The van der Waals surface area contributed by atoms with Crippen molar-refractivity contribution in [2.45, 2.75) is 26.4 Å². The summed E-state index contributed by atoms with van der Waals surface area (Å²) in [6.45, 7) is 5.65. The molecule has 6 nitrogen and oxygen atoms in total. The fraction of sp³-hybridized carbons (Fsp3) is 0.643. The monoisotopic (exact) mass is 279 g/mol. The van der Waals surface area contributed by atoms with E-state index in [2.05, 4.69) is 29.4 Å². The molecule has 20 heavy (non-hydrogen) atoms. The Hall–Kier alpha value is -1.69. The molecule has 0 unspecified atom stereocenters. The predicted molar refractivity (Wildman–Crippen MR) is 73.6 cm³/mol. The number of carbonyl (C=O) groups is 1. The maximum atomic E-state index is 12.0. The van der Waals surface area contributed by atoms with Crippen LogP contribution in [0.15, 0.2) is 12.1 Å². The third-order valence-corrected chi connectivity index (χ3v) is 3.53. The molecule has 0 aliphatic carbocycles. The Bertz CT molecular complexity index is 447. The summed E-state index contributed by atoms with van der Waals surface area (Å²) >= 11 is 0.